The summed E-state index contributed by atoms with van der Waals surface area (Å²) in [7, 11) is -2.90. The van der Waals surface area contributed by atoms with Gasteiger partial charge in [0.2, 0.25) is 0 Å². The molecule has 0 saturated heterocycles. The highest BCUT2D eigenvalue weighted by molar-refractivity contribution is 7.44. The number of para-hydroxylation sites is 2. The Hall–Kier alpha value is -1.68. The monoisotopic (exact) mass is 330 g/mol. The zero-order valence-electron chi connectivity index (χ0n) is 11.1. The third-order valence-corrected chi connectivity index (χ3v) is 7.90. The van der Waals surface area contributed by atoms with E-state index in [2.05, 4.69) is 12.1 Å². The molecule has 2 heterocycles. The van der Waals surface area contributed by atoms with Crippen molar-refractivity contribution in [2.24, 2.45) is 0 Å². The molecule has 4 rings (SSSR count). The van der Waals surface area contributed by atoms with E-state index in [0.29, 0.717) is 0 Å². The summed E-state index contributed by atoms with van der Waals surface area (Å²) in [5, 5.41) is 2.29. The van der Waals surface area contributed by atoms with Crippen LogP contribution in [-0.4, -0.2) is 15.5 Å². The highest BCUT2D eigenvalue weighted by Crippen LogP contribution is 2.30. The van der Waals surface area contributed by atoms with E-state index in [4.69, 9.17) is 22.2 Å². The van der Waals surface area contributed by atoms with Crippen LogP contribution in [0.3, 0.4) is 0 Å². The van der Waals surface area contributed by atoms with Crippen LogP contribution in [0.1, 0.15) is 0 Å². The van der Waals surface area contributed by atoms with Crippen molar-refractivity contribution in [1.29, 1.82) is 0 Å². The van der Waals surface area contributed by atoms with Crippen molar-refractivity contribution in [2.75, 3.05) is 0 Å². The SMILES string of the molecule is Cl[Si](Cl)(n1ccc2ccccc21)n1ccc2ccccc21. The van der Waals surface area contributed by atoms with Crippen molar-refractivity contribution >= 4 is 51.0 Å². The van der Waals surface area contributed by atoms with Gasteiger partial charge >= 0.3 is 7.02 Å². The largest absolute Gasteiger partial charge is 0.478 e. The first kappa shape index (κ1) is 13.0. The lowest BCUT2D eigenvalue weighted by Crippen LogP contribution is -2.39. The van der Waals surface area contributed by atoms with Crippen LogP contribution in [0, 0.1) is 0 Å². The first-order chi connectivity index (χ1) is 10.2. The highest BCUT2D eigenvalue weighted by atomic mass is 35.7. The molecule has 2 nitrogen and oxygen atoms in total. The summed E-state index contributed by atoms with van der Waals surface area (Å²) in [6.45, 7) is 0. The van der Waals surface area contributed by atoms with E-state index in [1.807, 2.05) is 69.4 Å². The van der Waals surface area contributed by atoms with E-state index in [1.165, 1.54) is 0 Å². The van der Waals surface area contributed by atoms with Crippen molar-refractivity contribution in [3.63, 3.8) is 0 Å². The number of nitrogens with zero attached hydrogens (tertiary/aromatic N) is 2. The van der Waals surface area contributed by atoms with Crippen LogP contribution in [0.15, 0.2) is 73.1 Å². The molecule has 0 amide bonds. The predicted molar refractivity (Wildman–Crippen MR) is 92.1 cm³/mol. The molecule has 4 aromatic rings. The summed E-state index contributed by atoms with van der Waals surface area (Å²) in [5.74, 6) is 0. The van der Waals surface area contributed by atoms with Gasteiger partial charge in [-0.05, 0) is 47.4 Å². The Morgan fingerprint density at radius 1 is 0.619 bits per heavy atom. The van der Waals surface area contributed by atoms with E-state index in [9.17, 15) is 0 Å². The van der Waals surface area contributed by atoms with Crippen molar-refractivity contribution in [2.45, 2.75) is 0 Å². The Bertz CT molecular complexity index is 863. The fourth-order valence-corrected chi connectivity index (χ4v) is 6.25. The zero-order valence-corrected chi connectivity index (χ0v) is 13.6. The quantitative estimate of drug-likeness (QED) is 0.365. The van der Waals surface area contributed by atoms with Crippen LogP contribution in [0.2, 0.25) is 0 Å². The lowest BCUT2D eigenvalue weighted by molar-refractivity contribution is 1.14. The molecule has 21 heavy (non-hydrogen) atoms. The van der Waals surface area contributed by atoms with Crippen LogP contribution in [-0.2, 0) is 0 Å². The van der Waals surface area contributed by atoms with Crippen LogP contribution in [0.5, 0.6) is 0 Å². The molecule has 0 aliphatic rings. The van der Waals surface area contributed by atoms with Crippen molar-refractivity contribution < 1.29 is 0 Å². The zero-order chi connectivity index (χ0) is 14.4. The van der Waals surface area contributed by atoms with Gasteiger partial charge in [0.05, 0.1) is 0 Å². The maximum absolute atomic E-state index is 6.86. The average molecular weight is 331 g/mol. The normalized spacial score (nSPS) is 12.3. The molecule has 0 aliphatic heterocycles. The van der Waals surface area contributed by atoms with Gasteiger partial charge in [-0.2, -0.15) is 0 Å². The number of benzene rings is 2. The fraction of sp³-hybridized carbons (Fsp3) is 0. The molecule has 2 aromatic carbocycles. The lowest BCUT2D eigenvalue weighted by Gasteiger charge is -2.22. The molecule has 0 N–H and O–H groups in total. The smallest absolute Gasteiger partial charge is 0.332 e. The molecule has 2 aromatic heterocycles. The molecule has 0 spiro atoms. The minimum Gasteiger partial charge on any atom is -0.332 e. The van der Waals surface area contributed by atoms with Crippen molar-refractivity contribution in [1.82, 2.24) is 8.47 Å². The number of hydrogen-bond donors (Lipinski definition) is 0. The van der Waals surface area contributed by atoms with Gasteiger partial charge in [-0.15, -0.1) is 0 Å². The third kappa shape index (κ3) is 1.93. The molecule has 104 valence electrons. The van der Waals surface area contributed by atoms with Crippen molar-refractivity contribution in [3.8, 4) is 0 Å². The summed E-state index contributed by atoms with van der Waals surface area (Å²) in [6.07, 6.45) is 3.96. The second-order valence-corrected chi connectivity index (χ2v) is 10.7. The predicted octanol–water partition coefficient (Wildman–Crippen LogP) is 4.91. The highest BCUT2D eigenvalue weighted by Gasteiger charge is 2.36. The Morgan fingerprint density at radius 2 is 1.05 bits per heavy atom. The minimum absolute atomic E-state index is 1.06. The first-order valence-corrected chi connectivity index (χ1v) is 10.6. The molecule has 5 heteroatoms. The summed E-state index contributed by atoms with van der Waals surface area (Å²) in [5.41, 5.74) is 2.12. The molecule has 0 bridgehead atoms. The first-order valence-electron chi connectivity index (χ1n) is 6.69. The van der Waals surface area contributed by atoms with Crippen LogP contribution in [0.4, 0.5) is 0 Å². The van der Waals surface area contributed by atoms with Gasteiger partial charge in [-0.1, -0.05) is 58.6 Å². The Kier molecular flexibility index (Phi) is 2.89. The fourth-order valence-electron chi connectivity index (χ4n) is 2.75. The molecule has 0 atom stereocenters. The van der Waals surface area contributed by atoms with E-state index in [-0.39, 0.29) is 0 Å². The van der Waals surface area contributed by atoms with Crippen LogP contribution >= 0.6 is 22.2 Å². The standard InChI is InChI=1S/C16H12Cl2N2Si/c17-21(18,19-11-9-13-5-1-3-7-15(13)19)20-12-10-14-6-2-4-8-16(14)20/h1-12H. The van der Waals surface area contributed by atoms with Crippen molar-refractivity contribution in [3.05, 3.63) is 73.1 Å². The van der Waals surface area contributed by atoms with Gasteiger partial charge in [0.25, 0.3) is 0 Å². The summed E-state index contributed by atoms with van der Waals surface area (Å²) in [4.78, 5) is 0. The summed E-state index contributed by atoms with van der Waals surface area (Å²) < 4.78 is 4.02. The molecule has 0 saturated carbocycles. The minimum atomic E-state index is -2.90. The molecule has 0 fully saturated rings. The molecular formula is C16H12Cl2N2Si. The molecule has 0 unspecified atom stereocenters. The van der Waals surface area contributed by atoms with Gasteiger partial charge < -0.3 is 8.47 Å². The summed E-state index contributed by atoms with van der Waals surface area (Å²) >= 11 is 13.7. The van der Waals surface area contributed by atoms with Gasteiger partial charge in [0.1, 0.15) is 0 Å². The topological polar surface area (TPSA) is 9.86 Å². The maximum atomic E-state index is 6.86. The lowest BCUT2D eigenvalue weighted by atomic mass is 10.3. The van der Waals surface area contributed by atoms with Gasteiger partial charge in [-0.3, -0.25) is 0 Å². The number of hydrogen-bond acceptors (Lipinski definition) is 0. The van der Waals surface area contributed by atoms with E-state index in [1.54, 1.807) is 0 Å². The Morgan fingerprint density at radius 3 is 1.52 bits per heavy atom. The average Bonchev–Trinajstić information content (AvgIpc) is 3.12. The Labute approximate surface area is 132 Å². The van der Waals surface area contributed by atoms with Gasteiger partial charge in [-0.25, -0.2) is 0 Å². The van der Waals surface area contributed by atoms with E-state index in [0.717, 1.165) is 21.8 Å². The summed E-state index contributed by atoms with van der Waals surface area (Å²) in [6, 6.07) is 20.4. The molecular weight excluding hydrogens is 319 g/mol. The van der Waals surface area contributed by atoms with E-state index >= 15 is 0 Å². The van der Waals surface area contributed by atoms with Crippen LogP contribution < -0.4 is 0 Å². The maximum Gasteiger partial charge on any atom is 0.478 e. The number of fused-ring (bicyclic) bond motifs is 2. The van der Waals surface area contributed by atoms with Gasteiger partial charge in [0.15, 0.2) is 0 Å². The van der Waals surface area contributed by atoms with Gasteiger partial charge in [0, 0.05) is 11.0 Å². The third-order valence-electron chi connectivity index (χ3n) is 3.78. The molecule has 0 aliphatic carbocycles. The number of halogens is 2. The Balaban J connectivity index is 1.97. The number of rotatable bonds is 2. The second kappa shape index (κ2) is 4.66. The number of aromatic nitrogens is 2. The second-order valence-electron chi connectivity index (χ2n) is 5.00. The molecule has 0 radical (unpaired) electrons. The van der Waals surface area contributed by atoms with Crippen LogP contribution in [0.25, 0.3) is 21.8 Å². The van der Waals surface area contributed by atoms with E-state index < -0.39 is 7.02 Å².